The Kier molecular flexibility index (Phi) is 5.88. The third-order valence-corrected chi connectivity index (χ3v) is 6.23. The molecule has 0 aromatic heterocycles. The van der Waals surface area contributed by atoms with E-state index in [2.05, 4.69) is 17.0 Å². The third kappa shape index (κ3) is 4.50. The van der Waals surface area contributed by atoms with E-state index >= 15 is 0 Å². The van der Waals surface area contributed by atoms with Gasteiger partial charge in [-0.1, -0.05) is 48.7 Å². The number of carboxylic acids is 1. The van der Waals surface area contributed by atoms with E-state index in [0.717, 1.165) is 22.9 Å². The zero-order valence-electron chi connectivity index (χ0n) is 15.9. The first kappa shape index (κ1) is 19.3. The van der Waals surface area contributed by atoms with Crippen molar-refractivity contribution in [3.8, 4) is 5.75 Å². The predicted molar refractivity (Wildman–Crippen MR) is 110 cm³/mol. The minimum absolute atomic E-state index is 0.213. The van der Waals surface area contributed by atoms with Gasteiger partial charge in [0.05, 0.1) is 5.92 Å². The molecule has 28 heavy (non-hydrogen) atoms. The number of ether oxygens (including phenoxy) is 1. The van der Waals surface area contributed by atoms with Crippen molar-refractivity contribution in [3.05, 3.63) is 64.2 Å². The van der Waals surface area contributed by atoms with E-state index in [1.807, 2.05) is 30.3 Å². The molecule has 1 saturated carbocycles. The van der Waals surface area contributed by atoms with Gasteiger partial charge in [0.1, 0.15) is 12.4 Å². The molecule has 5 heteroatoms. The Morgan fingerprint density at radius 3 is 2.39 bits per heavy atom. The topological polar surface area (TPSA) is 49.8 Å². The van der Waals surface area contributed by atoms with E-state index in [9.17, 15) is 4.79 Å². The SMILES string of the molecule is O=C(O)C1CN(Cc2ccc(OCc3ccc(C4CCCC4)c(Cl)c3)cc2)C1. The summed E-state index contributed by atoms with van der Waals surface area (Å²) in [6, 6.07) is 14.3. The molecule has 0 bridgehead atoms. The van der Waals surface area contributed by atoms with Crippen LogP contribution in [-0.4, -0.2) is 29.1 Å². The van der Waals surface area contributed by atoms with Crippen molar-refractivity contribution in [3.63, 3.8) is 0 Å². The molecular weight excluding hydrogens is 374 g/mol. The largest absolute Gasteiger partial charge is 0.489 e. The number of rotatable bonds is 7. The van der Waals surface area contributed by atoms with Gasteiger partial charge in [0.2, 0.25) is 0 Å². The molecule has 2 fully saturated rings. The van der Waals surface area contributed by atoms with Crippen molar-refractivity contribution in [2.75, 3.05) is 13.1 Å². The maximum atomic E-state index is 10.9. The van der Waals surface area contributed by atoms with Crippen LogP contribution in [0.25, 0.3) is 0 Å². The molecule has 1 aliphatic heterocycles. The molecular formula is C23H26ClNO3. The number of carbonyl (C=O) groups is 1. The third-order valence-electron chi connectivity index (χ3n) is 5.90. The molecule has 0 radical (unpaired) electrons. The Balaban J connectivity index is 1.28. The van der Waals surface area contributed by atoms with Gasteiger partial charge >= 0.3 is 5.97 Å². The summed E-state index contributed by atoms with van der Waals surface area (Å²) in [7, 11) is 0. The first-order valence-electron chi connectivity index (χ1n) is 10.0. The number of hydrogen-bond acceptors (Lipinski definition) is 3. The summed E-state index contributed by atoms with van der Waals surface area (Å²) >= 11 is 6.51. The summed E-state index contributed by atoms with van der Waals surface area (Å²) in [4.78, 5) is 13.0. The quantitative estimate of drug-likeness (QED) is 0.704. The summed E-state index contributed by atoms with van der Waals surface area (Å²) in [5.74, 6) is 0.532. The molecule has 0 spiro atoms. The highest BCUT2D eigenvalue weighted by Crippen LogP contribution is 2.37. The Labute approximate surface area is 171 Å². The number of carboxylic acid groups (broad SMARTS) is 1. The summed E-state index contributed by atoms with van der Waals surface area (Å²) in [6.45, 7) is 2.54. The summed E-state index contributed by atoms with van der Waals surface area (Å²) < 4.78 is 5.91. The van der Waals surface area contributed by atoms with E-state index in [0.29, 0.717) is 25.6 Å². The molecule has 1 saturated heterocycles. The second kappa shape index (κ2) is 8.54. The average molecular weight is 400 g/mol. The molecule has 148 valence electrons. The number of nitrogens with zero attached hydrogens (tertiary/aromatic N) is 1. The van der Waals surface area contributed by atoms with Gasteiger partial charge in [-0.25, -0.2) is 0 Å². The van der Waals surface area contributed by atoms with Crippen LogP contribution in [0.4, 0.5) is 0 Å². The van der Waals surface area contributed by atoms with Crippen molar-refractivity contribution >= 4 is 17.6 Å². The fourth-order valence-corrected chi connectivity index (χ4v) is 4.56. The molecule has 1 aliphatic carbocycles. The lowest BCUT2D eigenvalue weighted by atomic mass is 9.96. The highest BCUT2D eigenvalue weighted by molar-refractivity contribution is 6.31. The lowest BCUT2D eigenvalue weighted by Gasteiger charge is -2.36. The van der Waals surface area contributed by atoms with E-state index in [4.69, 9.17) is 21.4 Å². The van der Waals surface area contributed by atoms with Gasteiger partial charge in [-0.3, -0.25) is 9.69 Å². The zero-order valence-corrected chi connectivity index (χ0v) is 16.7. The second-order valence-corrected chi connectivity index (χ2v) is 8.41. The van der Waals surface area contributed by atoms with Gasteiger partial charge in [-0.15, -0.1) is 0 Å². The Morgan fingerprint density at radius 2 is 1.75 bits per heavy atom. The molecule has 0 amide bonds. The maximum absolute atomic E-state index is 10.9. The minimum Gasteiger partial charge on any atom is -0.489 e. The van der Waals surface area contributed by atoms with Crippen LogP contribution in [0.2, 0.25) is 5.02 Å². The molecule has 1 heterocycles. The first-order valence-corrected chi connectivity index (χ1v) is 10.4. The summed E-state index contributed by atoms with van der Waals surface area (Å²) in [6.07, 6.45) is 5.10. The number of aliphatic carboxylic acids is 1. The zero-order chi connectivity index (χ0) is 19.5. The maximum Gasteiger partial charge on any atom is 0.309 e. The van der Waals surface area contributed by atoms with Gasteiger partial charge < -0.3 is 9.84 Å². The van der Waals surface area contributed by atoms with Crippen LogP contribution in [0.1, 0.15) is 48.3 Å². The van der Waals surface area contributed by atoms with Crippen molar-refractivity contribution in [1.82, 2.24) is 4.90 Å². The molecule has 2 aromatic carbocycles. The molecule has 2 aliphatic rings. The van der Waals surface area contributed by atoms with Crippen molar-refractivity contribution < 1.29 is 14.6 Å². The number of benzene rings is 2. The van der Waals surface area contributed by atoms with Crippen LogP contribution in [0.3, 0.4) is 0 Å². The number of hydrogen-bond donors (Lipinski definition) is 1. The van der Waals surface area contributed by atoms with Gasteiger partial charge in [-0.2, -0.15) is 0 Å². The molecule has 1 N–H and O–H groups in total. The van der Waals surface area contributed by atoms with Gasteiger partial charge in [0.25, 0.3) is 0 Å². The average Bonchev–Trinajstić information content (AvgIpc) is 3.17. The van der Waals surface area contributed by atoms with Crippen molar-refractivity contribution in [2.45, 2.75) is 44.8 Å². The van der Waals surface area contributed by atoms with E-state index in [-0.39, 0.29) is 5.92 Å². The Bertz CT molecular complexity index is 824. The summed E-state index contributed by atoms with van der Waals surface area (Å²) in [5.41, 5.74) is 3.53. The number of likely N-dealkylation sites (tertiary alicyclic amines) is 1. The van der Waals surface area contributed by atoms with Crippen LogP contribution < -0.4 is 4.74 Å². The Morgan fingerprint density at radius 1 is 1.07 bits per heavy atom. The van der Waals surface area contributed by atoms with E-state index < -0.39 is 5.97 Å². The molecule has 4 rings (SSSR count). The molecule has 2 aromatic rings. The van der Waals surface area contributed by atoms with E-state index in [1.54, 1.807) is 0 Å². The van der Waals surface area contributed by atoms with Crippen LogP contribution in [0.15, 0.2) is 42.5 Å². The molecule has 4 nitrogen and oxygen atoms in total. The highest BCUT2D eigenvalue weighted by Gasteiger charge is 2.32. The second-order valence-electron chi connectivity index (χ2n) is 8.00. The van der Waals surface area contributed by atoms with Crippen LogP contribution in [0, 0.1) is 5.92 Å². The predicted octanol–water partition coefficient (Wildman–Crippen LogP) is 5.09. The lowest BCUT2D eigenvalue weighted by Crippen LogP contribution is -2.49. The van der Waals surface area contributed by atoms with Gasteiger partial charge in [0.15, 0.2) is 0 Å². The highest BCUT2D eigenvalue weighted by atomic mass is 35.5. The Hall–Kier alpha value is -2.04. The van der Waals surface area contributed by atoms with Crippen LogP contribution >= 0.6 is 11.6 Å². The van der Waals surface area contributed by atoms with Crippen molar-refractivity contribution in [1.29, 1.82) is 0 Å². The lowest BCUT2D eigenvalue weighted by molar-refractivity contribution is -0.147. The van der Waals surface area contributed by atoms with Crippen LogP contribution in [0.5, 0.6) is 5.75 Å². The monoisotopic (exact) mass is 399 g/mol. The van der Waals surface area contributed by atoms with E-state index in [1.165, 1.54) is 36.8 Å². The minimum atomic E-state index is -0.698. The fraction of sp³-hybridized carbons (Fsp3) is 0.435. The standard InChI is InChI=1S/C23H26ClNO3/c24-22-11-17(7-10-21(22)18-3-1-2-4-18)15-28-20-8-5-16(6-9-20)12-25-13-19(14-25)23(26)27/h5-11,18-19H,1-4,12-15H2,(H,26,27). The van der Waals surface area contributed by atoms with Gasteiger partial charge in [-0.05, 0) is 53.6 Å². The first-order chi connectivity index (χ1) is 13.6. The number of halogens is 1. The van der Waals surface area contributed by atoms with Crippen molar-refractivity contribution in [2.24, 2.45) is 5.92 Å². The molecule has 0 atom stereocenters. The molecule has 0 unspecified atom stereocenters. The smallest absolute Gasteiger partial charge is 0.309 e. The fourth-order valence-electron chi connectivity index (χ4n) is 4.20. The van der Waals surface area contributed by atoms with Gasteiger partial charge in [0, 0.05) is 24.7 Å². The summed E-state index contributed by atoms with van der Waals surface area (Å²) in [5, 5.41) is 9.80. The normalized spacial score (nSPS) is 18.2. The van der Waals surface area contributed by atoms with Crippen LogP contribution in [-0.2, 0) is 17.9 Å².